The molecule has 1 aromatic carbocycles. The number of hydrogen-bond donors (Lipinski definition) is 0. The van der Waals surface area contributed by atoms with Crippen LogP contribution in [-0.2, 0) is 11.6 Å². The van der Waals surface area contributed by atoms with Crippen LogP contribution in [0.2, 0.25) is 0 Å². The van der Waals surface area contributed by atoms with Gasteiger partial charge in [-0.05, 0) is 17.5 Å². The van der Waals surface area contributed by atoms with E-state index >= 15 is 0 Å². The van der Waals surface area contributed by atoms with Gasteiger partial charge in [-0.25, -0.2) is 4.39 Å². The van der Waals surface area contributed by atoms with Crippen LogP contribution in [0, 0.1) is 5.82 Å². The lowest BCUT2D eigenvalue weighted by Crippen LogP contribution is -2.19. The van der Waals surface area contributed by atoms with Crippen molar-refractivity contribution < 1.29 is 17.6 Å². The number of benzene rings is 1. The molecule has 2 aromatic rings. The first kappa shape index (κ1) is 14.5. The van der Waals surface area contributed by atoms with Crippen molar-refractivity contribution in [3.8, 4) is 5.69 Å². The van der Waals surface area contributed by atoms with Gasteiger partial charge in [-0.15, -0.1) is 5.10 Å². The van der Waals surface area contributed by atoms with Crippen molar-refractivity contribution in [2.45, 2.75) is 32.4 Å². The molecular weight excluding hydrogens is 274 g/mol. The zero-order valence-electron chi connectivity index (χ0n) is 11.2. The zero-order valence-corrected chi connectivity index (χ0v) is 11.2. The van der Waals surface area contributed by atoms with Gasteiger partial charge in [0, 0.05) is 5.56 Å². The molecule has 2 rings (SSSR count). The van der Waals surface area contributed by atoms with E-state index in [1.54, 1.807) is 20.8 Å². The molecular formula is C13H13F4N3. The topological polar surface area (TPSA) is 30.7 Å². The van der Waals surface area contributed by atoms with Crippen molar-refractivity contribution in [1.29, 1.82) is 0 Å². The molecule has 0 saturated carbocycles. The van der Waals surface area contributed by atoms with Gasteiger partial charge in [0.2, 0.25) is 0 Å². The van der Waals surface area contributed by atoms with Gasteiger partial charge in [0.1, 0.15) is 5.82 Å². The Bertz CT molecular complexity index is 623. The van der Waals surface area contributed by atoms with Crippen LogP contribution in [0.25, 0.3) is 5.69 Å². The SMILES string of the molecule is CC(C)(C)c1c(F)cccc1-n1ncc(C(F)(F)F)n1. The van der Waals surface area contributed by atoms with Crippen molar-refractivity contribution in [3.63, 3.8) is 0 Å². The molecule has 0 saturated heterocycles. The van der Waals surface area contributed by atoms with E-state index in [0.29, 0.717) is 6.20 Å². The van der Waals surface area contributed by atoms with E-state index in [4.69, 9.17) is 0 Å². The smallest absolute Gasteiger partial charge is 0.207 e. The molecule has 0 aliphatic heterocycles. The molecule has 108 valence electrons. The molecule has 0 radical (unpaired) electrons. The summed E-state index contributed by atoms with van der Waals surface area (Å²) in [5.74, 6) is -0.499. The van der Waals surface area contributed by atoms with Crippen LogP contribution in [0.4, 0.5) is 17.6 Å². The lowest BCUT2D eigenvalue weighted by molar-refractivity contribution is -0.141. The lowest BCUT2D eigenvalue weighted by Gasteiger charge is -2.22. The average Bonchev–Trinajstić information content (AvgIpc) is 2.75. The summed E-state index contributed by atoms with van der Waals surface area (Å²) in [4.78, 5) is 0.812. The Morgan fingerprint density at radius 3 is 2.25 bits per heavy atom. The Hall–Kier alpha value is -1.92. The number of hydrogen-bond acceptors (Lipinski definition) is 2. The molecule has 0 aliphatic rings. The molecule has 0 fully saturated rings. The van der Waals surface area contributed by atoms with Gasteiger partial charge in [-0.2, -0.15) is 23.1 Å². The molecule has 20 heavy (non-hydrogen) atoms. The largest absolute Gasteiger partial charge is 0.436 e. The van der Waals surface area contributed by atoms with E-state index in [-0.39, 0.29) is 11.3 Å². The molecule has 0 aliphatic carbocycles. The van der Waals surface area contributed by atoms with Gasteiger partial charge in [-0.3, -0.25) is 0 Å². The van der Waals surface area contributed by atoms with Gasteiger partial charge in [-0.1, -0.05) is 26.8 Å². The van der Waals surface area contributed by atoms with E-state index < -0.39 is 23.1 Å². The Kier molecular flexibility index (Phi) is 3.31. The Morgan fingerprint density at radius 2 is 1.75 bits per heavy atom. The van der Waals surface area contributed by atoms with E-state index in [1.165, 1.54) is 18.2 Å². The van der Waals surface area contributed by atoms with Gasteiger partial charge >= 0.3 is 6.18 Å². The van der Waals surface area contributed by atoms with Gasteiger partial charge in [0.15, 0.2) is 5.69 Å². The van der Waals surface area contributed by atoms with Crippen molar-refractivity contribution in [1.82, 2.24) is 15.0 Å². The molecule has 0 unspecified atom stereocenters. The summed E-state index contributed by atoms with van der Waals surface area (Å²) in [7, 11) is 0. The Morgan fingerprint density at radius 1 is 1.10 bits per heavy atom. The molecule has 3 nitrogen and oxygen atoms in total. The van der Waals surface area contributed by atoms with E-state index in [9.17, 15) is 17.6 Å². The molecule has 0 amide bonds. The predicted molar refractivity (Wildman–Crippen MR) is 65.0 cm³/mol. The third kappa shape index (κ3) is 2.66. The standard InChI is InChI=1S/C13H13F4N3/c1-12(2,3)11-8(14)5-4-6-9(11)20-18-7-10(19-20)13(15,16)17/h4-7H,1-3H3. The molecule has 0 bridgehead atoms. The third-order valence-corrected chi connectivity index (χ3v) is 2.74. The maximum absolute atomic E-state index is 14.0. The van der Waals surface area contributed by atoms with Crippen LogP contribution in [0.3, 0.4) is 0 Å². The highest BCUT2D eigenvalue weighted by molar-refractivity contribution is 5.44. The minimum atomic E-state index is -4.58. The van der Waals surface area contributed by atoms with Crippen molar-refractivity contribution in [3.05, 3.63) is 41.5 Å². The summed E-state index contributed by atoms with van der Waals surface area (Å²) < 4.78 is 51.6. The fourth-order valence-corrected chi connectivity index (χ4v) is 1.93. The van der Waals surface area contributed by atoms with Crippen molar-refractivity contribution in [2.75, 3.05) is 0 Å². The zero-order chi connectivity index (χ0) is 15.1. The number of aromatic nitrogens is 3. The summed E-state index contributed by atoms with van der Waals surface area (Å²) in [5.41, 5.74) is -1.23. The molecule has 0 spiro atoms. The fraction of sp³-hybridized carbons (Fsp3) is 0.385. The fourth-order valence-electron chi connectivity index (χ4n) is 1.93. The summed E-state index contributed by atoms with van der Waals surface area (Å²) in [6.45, 7) is 5.30. The van der Waals surface area contributed by atoms with E-state index in [1.807, 2.05) is 0 Å². The lowest BCUT2D eigenvalue weighted by atomic mass is 9.85. The second kappa shape index (κ2) is 4.57. The maximum Gasteiger partial charge on any atom is 0.436 e. The monoisotopic (exact) mass is 287 g/mol. The second-order valence-corrected chi connectivity index (χ2v) is 5.40. The Labute approximate surface area is 113 Å². The summed E-state index contributed by atoms with van der Waals surface area (Å²) in [5, 5.41) is 6.97. The number of nitrogens with zero attached hydrogens (tertiary/aromatic N) is 3. The van der Waals surface area contributed by atoms with Gasteiger partial charge in [0.25, 0.3) is 0 Å². The summed E-state index contributed by atoms with van der Waals surface area (Å²) in [6, 6.07) is 4.17. The van der Waals surface area contributed by atoms with Crippen LogP contribution in [0.15, 0.2) is 24.4 Å². The summed E-state index contributed by atoms with van der Waals surface area (Å²) in [6.07, 6.45) is -3.95. The highest BCUT2D eigenvalue weighted by Crippen LogP contribution is 2.31. The third-order valence-electron chi connectivity index (χ3n) is 2.74. The van der Waals surface area contributed by atoms with Gasteiger partial charge < -0.3 is 0 Å². The van der Waals surface area contributed by atoms with E-state index in [2.05, 4.69) is 10.2 Å². The van der Waals surface area contributed by atoms with E-state index in [0.717, 1.165) is 4.80 Å². The first-order chi connectivity index (χ1) is 9.10. The van der Waals surface area contributed by atoms with Crippen LogP contribution < -0.4 is 0 Å². The van der Waals surface area contributed by atoms with Crippen molar-refractivity contribution in [2.24, 2.45) is 0 Å². The second-order valence-electron chi connectivity index (χ2n) is 5.40. The van der Waals surface area contributed by atoms with Crippen LogP contribution in [0.1, 0.15) is 32.0 Å². The number of halogens is 4. The number of rotatable bonds is 1. The van der Waals surface area contributed by atoms with Crippen LogP contribution in [0.5, 0.6) is 0 Å². The van der Waals surface area contributed by atoms with Crippen molar-refractivity contribution >= 4 is 0 Å². The average molecular weight is 287 g/mol. The molecule has 0 N–H and O–H groups in total. The minimum absolute atomic E-state index is 0.202. The normalized spacial score (nSPS) is 12.8. The first-order valence-electron chi connectivity index (χ1n) is 5.89. The van der Waals surface area contributed by atoms with Crippen LogP contribution in [-0.4, -0.2) is 15.0 Å². The highest BCUT2D eigenvalue weighted by Gasteiger charge is 2.35. The predicted octanol–water partition coefficient (Wildman–Crippen LogP) is 3.72. The highest BCUT2D eigenvalue weighted by atomic mass is 19.4. The first-order valence-corrected chi connectivity index (χ1v) is 5.89. The maximum atomic E-state index is 14.0. The molecule has 7 heteroatoms. The Balaban J connectivity index is 2.59. The molecule has 1 heterocycles. The molecule has 1 aromatic heterocycles. The quantitative estimate of drug-likeness (QED) is 0.748. The minimum Gasteiger partial charge on any atom is -0.207 e. The number of alkyl halides is 3. The summed E-state index contributed by atoms with van der Waals surface area (Å²) >= 11 is 0. The van der Waals surface area contributed by atoms with Gasteiger partial charge in [0.05, 0.1) is 11.9 Å². The molecule has 0 atom stereocenters. The van der Waals surface area contributed by atoms with Crippen LogP contribution >= 0.6 is 0 Å².